The molecule has 3 nitrogen and oxygen atoms in total. The first kappa shape index (κ1) is 22.7. The van der Waals surface area contributed by atoms with Gasteiger partial charge in [0.25, 0.3) is 0 Å². The average molecular weight is 199 g/mol. The molecule has 0 spiro atoms. The summed E-state index contributed by atoms with van der Waals surface area (Å²) in [4.78, 5) is 14.3. The van der Waals surface area contributed by atoms with Crippen LogP contribution in [0.5, 0.6) is 0 Å². The van der Waals surface area contributed by atoms with Crippen molar-refractivity contribution in [1.29, 1.82) is 0 Å². The van der Waals surface area contributed by atoms with E-state index in [0.717, 1.165) is 0 Å². The normalized spacial score (nSPS) is 3.43. The molecule has 0 aromatic rings. The van der Waals surface area contributed by atoms with Crippen LogP contribution in [0.4, 0.5) is 0 Å². The van der Waals surface area contributed by atoms with Gasteiger partial charge in [0.15, 0.2) is 0 Å². The molecule has 0 rings (SSSR count). The van der Waals surface area contributed by atoms with Gasteiger partial charge in [0.2, 0.25) is 0 Å². The Morgan fingerprint density at radius 1 is 1.14 bits per heavy atom. The third-order valence-corrected chi connectivity index (χ3v) is 0. The number of hydrogen-bond donors (Lipinski definition) is 2. The second kappa shape index (κ2) is 15.8. The molecule has 0 amide bonds. The van der Waals surface area contributed by atoms with Crippen molar-refractivity contribution in [3.05, 3.63) is 0 Å². The number of halogens is 1. The first-order valence-electron chi connectivity index (χ1n) is 0.651. The molecule has 0 aromatic carbocycles. The SMILES string of the molecule is Cl.O=[Si](O)O.[CaH2].[CaH2]. The second-order valence-electron chi connectivity index (χ2n) is 0.283. The fraction of sp³-hybridized carbons (Fsp3) is 0. The van der Waals surface area contributed by atoms with Crippen LogP contribution in [0.1, 0.15) is 0 Å². The molecule has 0 unspecified atom stereocenters. The maximum atomic E-state index is 8.74. The molecule has 0 aromatic heterocycles. The molecule has 0 radical (unpaired) electrons. The van der Waals surface area contributed by atoms with E-state index in [1.54, 1.807) is 0 Å². The molecule has 7 heavy (non-hydrogen) atoms. The third kappa shape index (κ3) is 59.1. The Morgan fingerprint density at radius 2 is 1.14 bits per heavy atom. The van der Waals surface area contributed by atoms with E-state index in [-0.39, 0.29) is 87.9 Å². The van der Waals surface area contributed by atoms with Gasteiger partial charge in [0.05, 0.1) is 0 Å². The van der Waals surface area contributed by atoms with Crippen LogP contribution in [0.15, 0.2) is 0 Å². The van der Waals surface area contributed by atoms with Crippen molar-refractivity contribution in [2.75, 3.05) is 0 Å². The van der Waals surface area contributed by atoms with E-state index in [9.17, 15) is 0 Å². The quantitative estimate of drug-likeness (QED) is 0.408. The van der Waals surface area contributed by atoms with Crippen molar-refractivity contribution >= 4 is 97.1 Å². The van der Waals surface area contributed by atoms with Gasteiger partial charge in [-0.2, -0.15) is 0 Å². The predicted molar refractivity (Wildman–Crippen MR) is 35.2 cm³/mol. The van der Waals surface area contributed by atoms with Crippen molar-refractivity contribution in [2.45, 2.75) is 0 Å². The molecule has 2 N–H and O–H groups in total. The molecular formula is H7Ca2ClO3Si. The van der Waals surface area contributed by atoms with Crippen LogP contribution < -0.4 is 0 Å². The van der Waals surface area contributed by atoms with Crippen molar-refractivity contribution < 1.29 is 14.1 Å². The van der Waals surface area contributed by atoms with Crippen LogP contribution >= 0.6 is 12.4 Å². The Hall–Kier alpha value is 2.43. The molecular weight excluding hydrogens is 192 g/mol. The van der Waals surface area contributed by atoms with Gasteiger partial charge in [-0.25, -0.2) is 0 Å². The van der Waals surface area contributed by atoms with E-state index < -0.39 is 9.17 Å². The Labute approximate surface area is 109 Å². The van der Waals surface area contributed by atoms with Gasteiger partial charge in [-0.3, -0.25) is 4.46 Å². The molecule has 40 valence electrons. The van der Waals surface area contributed by atoms with E-state index in [4.69, 9.17) is 14.1 Å². The first-order valence-corrected chi connectivity index (χ1v) is 1.95. The van der Waals surface area contributed by atoms with Crippen LogP contribution in [0, 0.1) is 0 Å². The van der Waals surface area contributed by atoms with E-state index in [2.05, 4.69) is 0 Å². The number of rotatable bonds is 0. The van der Waals surface area contributed by atoms with Gasteiger partial charge in [0.1, 0.15) is 0 Å². The summed E-state index contributed by atoms with van der Waals surface area (Å²) in [5, 5.41) is 0. The first-order chi connectivity index (χ1) is 1.73. The fourth-order valence-electron chi connectivity index (χ4n) is 0. The average Bonchev–Trinajstić information content (AvgIpc) is 0.811. The molecule has 0 aliphatic heterocycles. The zero-order chi connectivity index (χ0) is 3.58. The molecule has 0 fully saturated rings. The van der Waals surface area contributed by atoms with Crippen LogP contribution in [0.25, 0.3) is 0 Å². The van der Waals surface area contributed by atoms with Crippen LogP contribution in [-0.4, -0.2) is 94.2 Å². The number of hydrogen-bond acceptors (Lipinski definition) is 1. The van der Waals surface area contributed by atoms with Crippen molar-refractivity contribution in [3.63, 3.8) is 0 Å². The summed E-state index contributed by atoms with van der Waals surface area (Å²) in [6.45, 7) is 0. The summed E-state index contributed by atoms with van der Waals surface area (Å²) in [5.41, 5.74) is 0. The fourth-order valence-corrected chi connectivity index (χ4v) is 0. The summed E-state index contributed by atoms with van der Waals surface area (Å²) in [6.07, 6.45) is 0. The van der Waals surface area contributed by atoms with Gasteiger partial charge >= 0.3 is 84.6 Å². The standard InChI is InChI=1S/2Ca.ClH.H2O3Si.4H/c;;;1-4(2)3;;;;/h;;1H;1-2H;;;;. The Morgan fingerprint density at radius 3 is 1.14 bits per heavy atom. The molecule has 0 aliphatic carbocycles. The molecule has 0 saturated carbocycles. The van der Waals surface area contributed by atoms with E-state index >= 15 is 0 Å². The van der Waals surface area contributed by atoms with Crippen molar-refractivity contribution in [1.82, 2.24) is 0 Å². The zero-order valence-electron chi connectivity index (χ0n) is 2.21. The van der Waals surface area contributed by atoms with E-state index in [0.29, 0.717) is 0 Å². The molecule has 0 heterocycles. The third-order valence-electron chi connectivity index (χ3n) is 0. The van der Waals surface area contributed by atoms with Crippen LogP contribution in [0.2, 0.25) is 0 Å². The topological polar surface area (TPSA) is 57.5 Å². The van der Waals surface area contributed by atoms with Gasteiger partial charge in [-0.05, 0) is 0 Å². The summed E-state index contributed by atoms with van der Waals surface area (Å²) >= 11 is 0. The monoisotopic (exact) mass is 198 g/mol. The van der Waals surface area contributed by atoms with E-state index in [1.807, 2.05) is 0 Å². The van der Waals surface area contributed by atoms with Gasteiger partial charge in [-0.15, -0.1) is 12.4 Å². The second-order valence-corrected chi connectivity index (χ2v) is 0.848. The van der Waals surface area contributed by atoms with Crippen LogP contribution in [0.3, 0.4) is 0 Å². The van der Waals surface area contributed by atoms with Gasteiger partial charge < -0.3 is 9.59 Å². The van der Waals surface area contributed by atoms with Crippen molar-refractivity contribution in [3.8, 4) is 0 Å². The van der Waals surface area contributed by atoms with Crippen LogP contribution in [-0.2, 0) is 4.46 Å². The van der Waals surface area contributed by atoms with Gasteiger partial charge in [-0.1, -0.05) is 0 Å². The minimum absolute atomic E-state index is 0. The minimum atomic E-state index is -3.13. The summed E-state index contributed by atoms with van der Waals surface area (Å²) < 4.78 is 8.74. The predicted octanol–water partition coefficient (Wildman–Crippen LogP) is -3.02. The zero-order valence-corrected chi connectivity index (χ0v) is 4.03. The molecule has 0 aliphatic rings. The van der Waals surface area contributed by atoms with E-state index in [1.165, 1.54) is 0 Å². The molecule has 0 bridgehead atoms. The summed E-state index contributed by atoms with van der Waals surface area (Å²) in [5.74, 6) is 0. The maximum absolute atomic E-state index is 8.74. The van der Waals surface area contributed by atoms with Crippen molar-refractivity contribution in [2.24, 2.45) is 0 Å². The Balaban J connectivity index is -0.0000000150. The summed E-state index contributed by atoms with van der Waals surface area (Å²) in [7, 11) is -3.13. The Bertz CT molecular complexity index is 35.9. The van der Waals surface area contributed by atoms with Gasteiger partial charge in [0, 0.05) is 0 Å². The Kier molecular flexibility index (Phi) is 51.2. The summed E-state index contributed by atoms with van der Waals surface area (Å²) in [6, 6.07) is 0. The molecule has 0 atom stereocenters. The molecule has 7 heteroatoms. The molecule has 0 saturated heterocycles.